The molecule has 3 aromatic heterocycles. The largest absolute Gasteiger partial charge is 0.451 e. The fraction of sp³-hybridized carbons (Fsp3) is 0.143. The van der Waals surface area contributed by atoms with Crippen LogP contribution in [0.4, 0.5) is 5.88 Å². The summed E-state index contributed by atoms with van der Waals surface area (Å²) in [5.74, 6) is -0.951. The summed E-state index contributed by atoms with van der Waals surface area (Å²) in [6.07, 6.45) is 0. The highest BCUT2D eigenvalue weighted by atomic mass is 32.1. The molecule has 0 aliphatic carbocycles. The number of nitrogens with one attached hydrogen (secondary N) is 1. The van der Waals surface area contributed by atoms with Crippen molar-refractivity contribution in [1.82, 2.24) is 10.1 Å². The first-order chi connectivity index (χ1) is 11.1. The van der Waals surface area contributed by atoms with Crippen LogP contribution in [-0.4, -0.2) is 28.6 Å². The van der Waals surface area contributed by atoms with Gasteiger partial charge in [-0.1, -0.05) is 11.2 Å². The number of ether oxygens (including phenoxy) is 1. The number of hydrogen-bond donors (Lipinski definition) is 1. The van der Waals surface area contributed by atoms with Crippen LogP contribution < -0.4 is 5.32 Å². The molecule has 23 heavy (non-hydrogen) atoms. The van der Waals surface area contributed by atoms with Gasteiger partial charge in [0.25, 0.3) is 5.91 Å². The molecule has 0 radical (unpaired) electrons. The maximum Gasteiger partial charge on any atom is 0.358 e. The summed E-state index contributed by atoms with van der Waals surface area (Å²) in [6, 6.07) is 5.40. The van der Waals surface area contributed by atoms with E-state index in [4.69, 9.17) is 9.26 Å². The molecular weight excluding hydrogens is 338 g/mol. The van der Waals surface area contributed by atoms with Crippen LogP contribution in [-0.2, 0) is 9.53 Å². The van der Waals surface area contributed by atoms with Crippen molar-refractivity contribution >= 4 is 40.4 Å². The molecular formula is C14H11N3O4S2. The fourth-order valence-electron chi connectivity index (χ4n) is 1.68. The van der Waals surface area contributed by atoms with Crippen molar-refractivity contribution in [3.05, 3.63) is 40.3 Å². The first-order valence-electron chi connectivity index (χ1n) is 6.51. The van der Waals surface area contributed by atoms with Crippen LogP contribution in [0, 0.1) is 6.92 Å². The number of nitrogens with zero attached hydrogens (tertiary/aromatic N) is 2. The van der Waals surface area contributed by atoms with E-state index < -0.39 is 18.5 Å². The van der Waals surface area contributed by atoms with Gasteiger partial charge in [0.05, 0.1) is 10.6 Å². The smallest absolute Gasteiger partial charge is 0.358 e. The van der Waals surface area contributed by atoms with Gasteiger partial charge in [0, 0.05) is 11.4 Å². The molecule has 0 aliphatic heterocycles. The lowest BCUT2D eigenvalue weighted by Gasteiger charge is -2.02. The van der Waals surface area contributed by atoms with Gasteiger partial charge in [-0.25, -0.2) is 9.78 Å². The molecule has 118 valence electrons. The quantitative estimate of drug-likeness (QED) is 0.712. The Morgan fingerprint density at radius 2 is 2.26 bits per heavy atom. The second-order valence-corrected chi connectivity index (χ2v) is 6.28. The topological polar surface area (TPSA) is 94.3 Å². The van der Waals surface area contributed by atoms with E-state index in [1.807, 2.05) is 17.5 Å². The van der Waals surface area contributed by atoms with Crippen LogP contribution in [0.5, 0.6) is 0 Å². The molecule has 0 unspecified atom stereocenters. The van der Waals surface area contributed by atoms with Gasteiger partial charge in [-0.15, -0.1) is 22.7 Å². The minimum atomic E-state index is -0.645. The molecule has 0 spiro atoms. The van der Waals surface area contributed by atoms with Gasteiger partial charge >= 0.3 is 5.97 Å². The lowest BCUT2D eigenvalue weighted by Crippen LogP contribution is -2.20. The second-order valence-electron chi connectivity index (χ2n) is 4.47. The molecule has 0 aliphatic rings. The summed E-state index contributed by atoms with van der Waals surface area (Å²) in [6.45, 7) is 1.30. The monoisotopic (exact) mass is 349 g/mol. The van der Waals surface area contributed by atoms with E-state index >= 15 is 0 Å². The van der Waals surface area contributed by atoms with Gasteiger partial charge in [0.2, 0.25) is 5.88 Å². The molecule has 3 aromatic rings. The summed E-state index contributed by atoms with van der Waals surface area (Å²) in [7, 11) is 0. The Balaban J connectivity index is 1.54. The first-order valence-corrected chi connectivity index (χ1v) is 8.27. The fourth-order valence-corrected chi connectivity index (χ4v) is 3.29. The van der Waals surface area contributed by atoms with Gasteiger partial charge < -0.3 is 9.26 Å². The molecule has 0 fully saturated rings. The molecule has 7 nitrogen and oxygen atoms in total. The number of anilines is 1. The highest BCUT2D eigenvalue weighted by molar-refractivity contribution is 7.20. The first kappa shape index (κ1) is 15.4. The Kier molecular flexibility index (Phi) is 4.49. The van der Waals surface area contributed by atoms with E-state index in [0.29, 0.717) is 5.69 Å². The van der Waals surface area contributed by atoms with E-state index in [0.717, 1.165) is 9.88 Å². The lowest BCUT2D eigenvalue weighted by molar-refractivity contribution is -0.119. The Bertz CT molecular complexity index is 823. The molecule has 0 saturated heterocycles. The number of esters is 1. The third kappa shape index (κ3) is 3.82. The minimum absolute atomic E-state index is 0.182. The predicted molar refractivity (Wildman–Crippen MR) is 85.6 cm³/mol. The summed E-state index contributed by atoms with van der Waals surface area (Å²) in [5, 5.41) is 10.4. The van der Waals surface area contributed by atoms with Gasteiger partial charge in [-0.3, -0.25) is 10.1 Å². The maximum atomic E-state index is 11.9. The summed E-state index contributed by atoms with van der Waals surface area (Å²) in [5.41, 5.74) is 0.822. The number of carbonyl (C=O) groups excluding carboxylic acids is 2. The van der Waals surface area contributed by atoms with Crippen molar-refractivity contribution in [2.45, 2.75) is 6.92 Å². The van der Waals surface area contributed by atoms with Crippen LogP contribution in [0.15, 0.2) is 33.5 Å². The van der Waals surface area contributed by atoms with Crippen molar-refractivity contribution in [3.8, 4) is 9.88 Å². The van der Waals surface area contributed by atoms with Gasteiger partial charge in [-0.2, -0.15) is 0 Å². The zero-order valence-corrected chi connectivity index (χ0v) is 13.6. The molecule has 3 heterocycles. The summed E-state index contributed by atoms with van der Waals surface area (Å²) < 4.78 is 9.77. The molecule has 0 bridgehead atoms. The summed E-state index contributed by atoms with van der Waals surface area (Å²) >= 11 is 2.89. The normalized spacial score (nSPS) is 10.5. The third-order valence-corrected chi connectivity index (χ3v) is 4.55. The number of hydrogen-bond acceptors (Lipinski definition) is 8. The Morgan fingerprint density at radius 1 is 1.39 bits per heavy atom. The van der Waals surface area contributed by atoms with Crippen LogP contribution in [0.25, 0.3) is 9.88 Å². The number of rotatable bonds is 5. The van der Waals surface area contributed by atoms with Crippen molar-refractivity contribution in [2.24, 2.45) is 0 Å². The summed E-state index contributed by atoms with van der Waals surface area (Å²) in [4.78, 5) is 28.7. The highest BCUT2D eigenvalue weighted by Gasteiger charge is 2.16. The highest BCUT2D eigenvalue weighted by Crippen LogP contribution is 2.27. The standard InChI is InChI=1S/C14H11N3O4S2/c1-8-5-12(21-17-8)16-11(18)6-20-14(19)9-7-23-13(15-9)10-3-2-4-22-10/h2-5,7H,6H2,1H3,(H,16,18). The lowest BCUT2D eigenvalue weighted by atomic mass is 10.4. The molecule has 1 N–H and O–H groups in total. The van der Waals surface area contributed by atoms with E-state index in [9.17, 15) is 9.59 Å². The Hall–Kier alpha value is -2.52. The van der Waals surface area contributed by atoms with Gasteiger partial charge in [-0.05, 0) is 18.4 Å². The van der Waals surface area contributed by atoms with E-state index in [-0.39, 0.29) is 11.6 Å². The van der Waals surface area contributed by atoms with Crippen molar-refractivity contribution in [1.29, 1.82) is 0 Å². The van der Waals surface area contributed by atoms with Crippen molar-refractivity contribution in [2.75, 3.05) is 11.9 Å². The second kappa shape index (κ2) is 6.71. The maximum absolute atomic E-state index is 11.9. The zero-order valence-electron chi connectivity index (χ0n) is 11.9. The van der Waals surface area contributed by atoms with Crippen LogP contribution in [0.1, 0.15) is 16.2 Å². The third-order valence-electron chi connectivity index (χ3n) is 2.67. The van der Waals surface area contributed by atoms with E-state index in [1.165, 1.54) is 22.7 Å². The van der Waals surface area contributed by atoms with Crippen molar-refractivity contribution < 1.29 is 18.8 Å². The Morgan fingerprint density at radius 3 is 2.96 bits per heavy atom. The molecule has 3 rings (SSSR count). The van der Waals surface area contributed by atoms with E-state index in [2.05, 4.69) is 15.5 Å². The van der Waals surface area contributed by atoms with Crippen LogP contribution >= 0.6 is 22.7 Å². The number of aryl methyl sites for hydroxylation is 1. The average molecular weight is 349 g/mol. The van der Waals surface area contributed by atoms with Crippen LogP contribution in [0.3, 0.4) is 0 Å². The zero-order chi connectivity index (χ0) is 16.2. The molecule has 9 heteroatoms. The minimum Gasteiger partial charge on any atom is -0.451 e. The number of thiazole rings is 1. The van der Waals surface area contributed by atoms with Crippen LogP contribution in [0.2, 0.25) is 0 Å². The van der Waals surface area contributed by atoms with E-state index in [1.54, 1.807) is 18.4 Å². The SMILES string of the molecule is Cc1cc(NC(=O)COC(=O)c2csc(-c3cccs3)n2)on1. The molecule has 1 amide bonds. The number of carbonyl (C=O) groups is 2. The molecule has 0 saturated carbocycles. The number of amides is 1. The molecule has 0 atom stereocenters. The number of thiophene rings is 1. The Labute approximate surface area is 138 Å². The molecule has 0 aromatic carbocycles. The number of aromatic nitrogens is 2. The van der Waals surface area contributed by atoms with Gasteiger partial charge in [0.1, 0.15) is 5.01 Å². The van der Waals surface area contributed by atoms with Crippen molar-refractivity contribution in [3.63, 3.8) is 0 Å². The predicted octanol–water partition coefficient (Wildman–Crippen LogP) is 2.96. The van der Waals surface area contributed by atoms with Gasteiger partial charge in [0.15, 0.2) is 12.3 Å². The average Bonchev–Trinajstić information content (AvgIpc) is 3.25.